The predicted octanol–water partition coefficient (Wildman–Crippen LogP) is 6.36. The van der Waals surface area contributed by atoms with E-state index in [0.29, 0.717) is 59.1 Å². The van der Waals surface area contributed by atoms with Gasteiger partial charge in [-0.3, -0.25) is 9.48 Å². The molecule has 0 spiro atoms. The smallest absolute Gasteiger partial charge is 0.228 e. The van der Waals surface area contributed by atoms with E-state index in [9.17, 15) is 4.79 Å². The largest absolute Gasteiger partial charge is 0.491 e. The number of aromatic nitrogens is 6. The van der Waals surface area contributed by atoms with Crippen molar-refractivity contribution in [3.05, 3.63) is 72.2 Å². The molecule has 12 nitrogen and oxygen atoms in total. The fourth-order valence-corrected chi connectivity index (χ4v) is 5.19. The van der Waals surface area contributed by atoms with Gasteiger partial charge in [0.05, 0.1) is 32.6 Å². The van der Waals surface area contributed by atoms with E-state index in [4.69, 9.17) is 24.3 Å². The van der Waals surface area contributed by atoms with Gasteiger partial charge in [0.2, 0.25) is 11.9 Å². The topological polar surface area (TPSA) is 130 Å². The van der Waals surface area contributed by atoms with E-state index in [1.807, 2.05) is 40.6 Å². The quantitative estimate of drug-likeness (QED) is 0.163. The van der Waals surface area contributed by atoms with Crippen molar-refractivity contribution in [3.8, 4) is 17.2 Å². The Morgan fingerprint density at radius 3 is 2.59 bits per heavy atom. The van der Waals surface area contributed by atoms with Crippen molar-refractivity contribution < 1.29 is 19.0 Å². The number of methoxy groups -OCH3 is 1. The Morgan fingerprint density at radius 1 is 1.09 bits per heavy atom. The molecule has 1 atom stereocenters. The zero-order valence-corrected chi connectivity index (χ0v) is 27.1. The molecule has 1 fully saturated rings. The number of hydrogen-bond donors (Lipinski definition) is 2. The molecule has 12 heteroatoms. The van der Waals surface area contributed by atoms with E-state index in [0.717, 1.165) is 24.1 Å². The summed E-state index contributed by atoms with van der Waals surface area (Å²) in [4.78, 5) is 25.7. The molecule has 0 saturated heterocycles. The first-order chi connectivity index (χ1) is 22.1. The molecule has 46 heavy (non-hydrogen) atoms. The Kier molecular flexibility index (Phi) is 8.63. The van der Waals surface area contributed by atoms with Crippen LogP contribution in [0.5, 0.6) is 17.2 Å². The number of aryl methyl sites for hydroxylation is 1. The van der Waals surface area contributed by atoms with Gasteiger partial charge in [-0.2, -0.15) is 10.1 Å². The van der Waals surface area contributed by atoms with Crippen molar-refractivity contribution in [1.82, 2.24) is 29.3 Å². The molecule has 1 aromatic carbocycles. The summed E-state index contributed by atoms with van der Waals surface area (Å²) in [7, 11) is 3.46. The molecule has 1 aliphatic rings. The summed E-state index contributed by atoms with van der Waals surface area (Å²) >= 11 is 0. The van der Waals surface area contributed by atoms with Crippen molar-refractivity contribution in [2.75, 3.05) is 17.7 Å². The number of rotatable bonds is 12. The monoisotopic (exact) mass is 624 g/mol. The number of anilines is 3. The van der Waals surface area contributed by atoms with Gasteiger partial charge in [-0.15, -0.1) is 0 Å². The van der Waals surface area contributed by atoms with Crippen LogP contribution in [0.3, 0.4) is 0 Å². The van der Waals surface area contributed by atoms with Crippen LogP contribution in [0.4, 0.5) is 17.6 Å². The van der Waals surface area contributed by atoms with Crippen LogP contribution in [0.15, 0.2) is 60.9 Å². The minimum Gasteiger partial charge on any atom is -0.491 e. The highest BCUT2D eigenvalue weighted by Crippen LogP contribution is 2.38. The molecule has 0 radical (unpaired) electrons. The fraction of sp³-hybridized carbons (Fsp3) is 0.382. The molecule has 1 unspecified atom stereocenters. The normalized spacial score (nSPS) is 13.9. The Morgan fingerprint density at radius 2 is 1.87 bits per heavy atom. The van der Waals surface area contributed by atoms with Crippen LogP contribution in [0.2, 0.25) is 0 Å². The van der Waals surface area contributed by atoms with Crippen LogP contribution in [0.1, 0.15) is 51.8 Å². The van der Waals surface area contributed by atoms with Gasteiger partial charge in [-0.05, 0) is 31.4 Å². The number of ether oxygens (including phenoxy) is 3. The molecule has 6 rings (SSSR count). The standard InChI is InChI=1S/C34H40N8O4/c1-21(45-20-22-10-8-7-9-11-22)19-42-26(34(2,3)4)17-28(40-42)38-33-39-31-29(41(33)5)30(44-6)25(18-36-31)46-24-14-15-35-27(16-24)37-32(43)23-12-13-23/h7-11,14-18,21,23H,12-13,19-20H2,1-6H3,(H,35,37,43)(H,36,38,39,40). The van der Waals surface area contributed by atoms with Crippen molar-refractivity contribution in [1.29, 1.82) is 0 Å². The number of benzene rings is 1. The number of nitrogens with one attached hydrogen (secondary N) is 2. The zero-order chi connectivity index (χ0) is 32.4. The Labute approximate surface area is 268 Å². The van der Waals surface area contributed by atoms with E-state index in [2.05, 4.69) is 60.4 Å². The van der Waals surface area contributed by atoms with Crippen LogP contribution < -0.4 is 20.1 Å². The number of nitrogens with zero attached hydrogens (tertiary/aromatic N) is 6. The molecule has 1 amide bonds. The van der Waals surface area contributed by atoms with E-state index in [-0.39, 0.29) is 23.3 Å². The van der Waals surface area contributed by atoms with E-state index < -0.39 is 0 Å². The second-order valence-electron chi connectivity index (χ2n) is 12.6. The van der Waals surface area contributed by atoms with Crippen molar-refractivity contribution in [2.45, 2.75) is 65.2 Å². The molecule has 4 aromatic heterocycles. The molecular weight excluding hydrogens is 584 g/mol. The average molecular weight is 625 g/mol. The molecule has 5 aromatic rings. The number of hydrogen-bond acceptors (Lipinski definition) is 9. The number of fused-ring (bicyclic) bond motifs is 1. The van der Waals surface area contributed by atoms with Crippen LogP contribution in [-0.2, 0) is 35.1 Å². The summed E-state index contributed by atoms with van der Waals surface area (Å²) in [5.41, 5.74) is 3.19. The molecule has 2 N–H and O–H groups in total. The minimum absolute atomic E-state index is 0.0226. The molecule has 0 aliphatic heterocycles. The highest BCUT2D eigenvalue weighted by atomic mass is 16.5. The Hall–Kier alpha value is -4.97. The molecule has 1 aliphatic carbocycles. The van der Waals surface area contributed by atoms with Crippen LogP contribution >= 0.6 is 0 Å². The highest BCUT2D eigenvalue weighted by Gasteiger charge is 2.30. The summed E-state index contributed by atoms with van der Waals surface area (Å²) in [6, 6.07) is 15.6. The third-order valence-electron chi connectivity index (χ3n) is 7.78. The van der Waals surface area contributed by atoms with Gasteiger partial charge in [-0.1, -0.05) is 51.1 Å². The molecule has 0 bridgehead atoms. The van der Waals surface area contributed by atoms with E-state index in [1.165, 1.54) is 0 Å². The van der Waals surface area contributed by atoms with Crippen molar-refractivity contribution in [3.63, 3.8) is 0 Å². The first kappa shape index (κ1) is 31.0. The molecular formula is C34H40N8O4. The lowest BCUT2D eigenvalue weighted by molar-refractivity contribution is -0.117. The van der Waals surface area contributed by atoms with Gasteiger partial charge >= 0.3 is 0 Å². The number of pyridine rings is 2. The summed E-state index contributed by atoms with van der Waals surface area (Å²) in [5.74, 6) is 3.05. The number of imidazole rings is 1. The Balaban J connectivity index is 1.21. The fourth-order valence-electron chi connectivity index (χ4n) is 5.19. The summed E-state index contributed by atoms with van der Waals surface area (Å²) < 4.78 is 22.0. The number of carbonyl (C=O) groups is 1. The van der Waals surface area contributed by atoms with Crippen LogP contribution in [0, 0.1) is 5.92 Å². The number of carbonyl (C=O) groups excluding carboxylic acids is 1. The summed E-state index contributed by atoms with van der Waals surface area (Å²) in [6.07, 6.45) is 4.93. The van der Waals surface area contributed by atoms with Gasteiger partial charge in [0.1, 0.15) is 17.1 Å². The first-order valence-corrected chi connectivity index (χ1v) is 15.4. The Bertz CT molecular complexity index is 1840. The zero-order valence-electron chi connectivity index (χ0n) is 27.1. The minimum atomic E-state index is -0.150. The lowest BCUT2D eigenvalue weighted by Gasteiger charge is -2.22. The highest BCUT2D eigenvalue weighted by molar-refractivity contribution is 5.93. The second-order valence-corrected chi connectivity index (χ2v) is 12.6. The van der Waals surface area contributed by atoms with Gasteiger partial charge in [-0.25, -0.2) is 9.97 Å². The van der Waals surface area contributed by atoms with Gasteiger partial charge < -0.3 is 29.4 Å². The molecule has 240 valence electrons. The SMILES string of the molecule is COc1c(Oc2ccnc(NC(=O)C3CC3)c2)cnc2nc(Nc3cc(C(C)(C)C)n(CC(C)OCc4ccccc4)n3)n(C)c12. The van der Waals surface area contributed by atoms with Crippen LogP contribution in [0.25, 0.3) is 11.2 Å². The summed E-state index contributed by atoms with van der Waals surface area (Å²) in [5, 5.41) is 11.1. The maximum atomic E-state index is 12.2. The molecule has 1 saturated carbocycles. The predicted molar refractivity (Wildman–Crippen MR) is 176 cm³/mol. The second kappa shape index (κ2) is 12.8. The van der Waals surface area contributed by atoms with Crippen molar-refractivity contribution >= 4 is 34.7 Å². The third kappa shape index (κ3) is 6.96. The van der Waals surface area contributed by atoms with Gasteiger partial charge in [0, 0.05) is 42.4 Å². The lowest BCUT2D eigenvalue weighted by Crippen LogP contribution is -2.24. The van der Waals surface area contributed by atoms with Crippen LogP contribution in [-0.4, -0.2) is 48.4 Å². The lowest BCUT2D eigenvalue weighted by atomic mass is 9.92. The third-order valence-corrected chi connectivity index (χ3v) is 7.78. The van der Waals surface area contributed by atoms with Gasteiger partial charge in [0.25, 0.3) is 0 Å². The van der Waals surface area contributed by atoms with Gasteiger partial charge in [0.15, 0.2) is 23.0 Å². The summed E-state index contributed by atoms with van der Waals surface area (Å²) in [6.45, 7) is 9.69. The maximum Gasteiger partial charge on any atom is 0.228 e. The van der Waals surface area contributed by atoms with E-state index in [1.54, 1.807) is 31.6 Å². The maximum absolute atomic E-state index is 12.2. The molecule has 4 heterocycles. The number of amides is 1. The average Bonchev–Trinajstić information content (AvgIpc) is 3.74. The van der Waals surface area contributed by atoms with E-state index >= 15 is 0 Å². The first-order valence-electron chi connectivity index (χ1n) is 15.4. The van der Waals surface area contributed by atoms with Crippen molar-refractivity contribution in [2.24, 2.45) is 13.0 Å².